The highest BCUT2D eigenvalue weighted by Crippen LogP contribution is 2.29. The van der Waals surface area contributed by atoms with Crippen LogP contribution in [0.3, 0.4) is 0 Å². The van der Waals surface area contributed by atoms with Gasteiger partial charge in [-0.3, -0.25) is 0 Å². The largest absolute Gasteiger partial charge is 0.478 e. The molecule has 1 N–H and O–H groups in total. The van der Waals surface area contributed by atoms with Crippen LogP contribution < -0.4 is 0 Å². The zero-order valence-corrected chi connectivity index (χ0v) is 10.5. The summed E-state index contributed by atoms with van der Waals surface area (Å²) in [5, 5.41) is 8.74. The highest BCUT2D eigenvalue weighted by Gasteiger charge is 2.19. The Morgan fingerprint density at radius 3 is 2.21 bits per heavy atom. The van der Waals surface area contributed by atoms with Gasteiger partial charge >= 0.3 is 5.97 Å². The summed E-state index contributed by atoms with van der Waals surface area (Å²) in [7, 11) is 0. The molecule has 0 aliphatic carbocycles. The maximum atomic E-state index is 14.0. The molecule has 0 saturated heterocycles. The van der Waals surface area contributed by atoms with Crippen LogP contribution in [0.25, 0.3) is 11.1 Å². The number of carboxylic acids is 1. The van der Waals surface area contributed by atoms with E-state index in [1.165, 1.54) is 6.07 Å². The molecule has 2 rings (SSSR count). The monoisotopic (exact) mass is 262 g/mol. The first-order valence-electron chi connectivity index (χ1n) is 5.70. The summed E-state index contributed by atoms with van der Waals surface area (Å²) >= 11 is 0. The molecular weight excluding hydrogens is 250 g/mol. The molecule has 0 fully saturated rings. The molecule has 0 atom stereocenters. The molecule has 0 amide bonds. The van der Waals surface area contributed by atoms with Crippen LogP contribution in [0.4, 0.5) is 8.78 Å². The Morgan fingerprint density at radius 2 is 1.63 bits per heavy atom. The number of hydrogen-bond acceptors (Lipinski definition) is 1. The molecule has 2 nitrogen and oxygen atoms in total. The molecule has 0 unspecified atom stereocenters. The van der Waals surface area contributed by atoms with E-state index in [9.17, 15) is 13.6 Å². The zero-order valence-electron chi connectivity index (χ0n) is 10.5. The van der Waals surface area contributed by atoms with Gasteiger partial charge in [0.15, 0.2) is 11.6 Å². The molecule has 0 saturated carbocycles. The molecule has 2 aromatic carbocycles. The van der Waals surface area contributed by atoms with Gasteiger partial charge in [0.1, 0.15) is 0 Å². The van der Waals surface area contributed by atoms with Crippen molar-refractivity contribution in [3.05, 3.63) is 58.7 Å². The summed E-state index contributed by atoms with van der Waals surface area (Å²) < 4.78 is 27.6. The number of aryl methyl sites for hydroxylation is 2. The predicted octanol–water partition coefficient (Wildman–Crippen LogP) is 3.95. The molecule has 2 aromatic rings. The first-order chi connectivity index (χ1) is 8.91. The average molecular weight is 262 g/mol. The van der Waals surface area contributed by atoms with Crippen LogP contribution in [0.15, 0.2) is 30.3 Å². The first kappa shape index (κ1) is 13.2. The van der Waals surface area contributed by atoms with Gasteiger partial charge < -0.3 is 5.11 Å². The van der Waals surface area contributed by atoms with E-state index < -0.39 is 23.2 Å². The van der Waals surface area contributed by atoms with E-state index in [0.717, 1.165) is 17.2 Å². The second-order valence-corrected chi connectivity index (χ2v) is 4.41. The molecule has 0 heterocycles. The minimum absolute atomic E-state index is 0.0694. The fourth-order valence-corrected chi connectivity index (χ4v) is 2.04. The third-order valence-corrected chi connectivity index (χ3v) is 2.98. The van der Waals surface area contributed by atoms with Crippen molar-refractivity contribution < 1.29 is 18.7 Å². The summed E-state index contributed by atoms with van der Waals surface area (Å²) in [6.07, 6.45) is 0. The molecule has 0 bridgehead atoms. The fraction of sp³-hybridized carbons (Fsp3) is 0.133. The minimum atomic E-state index is -1.48. The summed E-state index contributed by atoms with van der Waals surface area (Å²) in [5.41, 5.74) is 1.79. The maximum Gasteiger partial charge on any atom is 0.338 e. The Morgan fingerprint density at radius 1 is 1.00 bits per heavy atom. The van der Waals surface area contributed by atoms with Gasteiger partial charge in [0, 0.05) is 5.56 Å². The van der Waals surface area contributed by atoms with Crippen LogP contribution in [-0.2, 0) is 0 Å². The lowest BCUT2D eigenvalue weighted by Gasteiger charge is -2.10. The van der Waals surface area contributed by atoms with Gasteiger partial charge in [0.05, 0.1) is 5.56 Å². The summed E-state index contributed by atoms with van der Waals surface area (Å²) in [6, 6.07) is 7.72. The number of rotatable bonds is 2. The van der Waals surface area contributed by atoms with Gasteiger partial charge in [-0.05, 0) is 31.0 Å². The number of hydrogen-bond donors (Lipinski definition) is 1. The molecule has 19 heavy (non-hydrogen) atoms. The van der Waals surface area contributed by atoms with Gasteiger partial charge in [-0.25, -0.2) is 13.6 Å². The first-order valence-corrected chi connectivity index (χ1v) is 5.70. The number of aromatic carboxylic acids is 1. The van der Waals surface area contributed by atoms with Crippen molar-refractivity contribution in [3.8, 4) is 11.1 Å². The average Bonchev–Trinajstić information content (AvgIpc) is 2.33. The molecule has 0 aliphatic heterocycles. The van der Waals surface area contributed by atoms with Gasteiger partial charge in [-0.2, -0.15) is 0 Å². The fourth-order valence-electron chi connectivity index (χ4n) is 2.04. The molecule has 0 spiro atoms. The number of halogens is 2. The number of carbonyl (C=O) groups is 1. The molecular formula is C15H12F2O2. The van der Waals surface area contributed by atoms with Crippen molar-refractivity contribution in [2.45, 2.75) is 13.8 Å². The second kappa shape index (κ2) is 4.80. The SMILES string of the molecule is Cc1ccc(-c2ccc(C(=O)O)c(F)c2F)c(C)c1. The van der Waals surface area contributed by atoms with Crippen molar-refractivity contribution in [3.63, 3.8) is 0 Å². The quantitative estimate of drug-likeness (QED) is 0.889. The van der Waals surface area contributed by atoms with Crippen LogP contribution in [-0.4, -0.2) is 11.1 Å². The van der Waals surface area contributed by atoms with Crippen LogP contribution in [0.1, 0.15) is 21.5 Å². The Labute approximate surface area is 109 Å². The van der Waals surface area contributed by atoms with Gasteiger partial charge in [-0.15, -0.1) is 0 Å². The number of benzene rings is 2. The maximum absolute atomic E-state index is 14.0. The van der Waals surface area contributed by atoms with E-state index in [1.54, 1.807) is 19.1 Å². The standard InChI is InChI=1S/C15H12F2O2/c1-8-3-4-10(9(2)7-8)11-5-6-12(15(18)19)14(17)13(11)16/h3-7H,1-2H3,(H,18,19). The Hall–Kier alpha value is -2.23. The Bertz CT molecular complexity index is 663. The second-order valence-electron chi connectivity index (χ2n) is 4.41. The van der Waals surface area contributed by atoms with Gasteiger partial charge in [0.2, 0.25) is 0 Å². The van der Waals surface area contributed by atoms with E-state index in [1.807, 2.05) is 13.0 Å². The van der Waals surface area contributed by atoms with E-state index in [2.05, 4.69) is 0 Å². The van der Waals surface area contributed by atoms with E-state index in [-0.39, 0.29) is 5.56 Å². The highest BCUT2D eigenvalue weighted by molar-refractivity contribution is 5.89. The van der Waals surface area contributed by atoms with Crippen molar-refractivity contribution >= 4 is 5.97 Å². The van der Waals surface area contributed by atoms with E-state index >= 15 is 0 Å². The van der Waals surface area contributed by atoms with Crippen molar-refractivity contribution in [2.24, 2.45) is 0 Å². The third-order valence-electron chi connectivity index (χ3n) is 2.98. The Kier molecular flexibility index (Phi) is 3.34. The van der Waals surface area contributed by atoms with Crippen LogP contribution in [0.5, 0.6) is 0 Å². The van der Waals surface area contributed by atoms with Crippen LogP contribution in [0, 0.1) is 25.5 Å². The van der Waals surface area contributed by atoms with E-state index in [4.69, 9.17) is 5.11 Å². The molecule has 0 aromatic heterocycles. The molecule has 0 aliphatic rings. The van der Waals surface area contributed by atoms with Gasteiger partial charge in [-0.1, -0.05) is 29.8 Å². The van der Waals surface area contributed by atoms with Crippen LogP contribution in [0.2, 0.25) is 0 Å². The van der Waals surface area contributed by atoms with Crippen molar-refractivity contribution in [2.75, 3.05) is 0 Å². The zero-order chi connectivity index (χ0) is 14.2. The lowest BCUT2D eigenvalue weighted by Crippen LogP contribution is -2.04. The molecule has 0 radical (unpaired) electrons. The predicted molar refractivity (Wildman–Crippen MR) is 68.2 cm³/mol. The summed E-state index contributed by atoms with van der Waals surface area (Å²) in [5.74, 6) is -3.94. The topological polar surface area (TPSA) is 37.3 Å². The lowest BCUT2D eigenvalue weighted by atomic mass is 9.97. The normalized spacial score (nSPS) is 10.5. The minimum Gasteiger partial charge on any atom is -0.478 e. The highest BCUT2D eigenvalue weighted by atomic mass is 19.2. The van der Waals surface area contributed by atoms with E-state index in [0.29, 0.717) is 5.56 Å². The van der Waals surface area contributed by atoms with Gasteiger partial charge in [0.25, 0.3) is 0 Å². The van der Waals surface area contributed by atoms with Crippen LogP contribution >= 0.6 is 0 Å². The van der Waals surface area contributed by atoms with Crippen molar-refractivity contribution in [1.29, 1.82) is 0 Å². The van der Waals surface area contributed by atoms with Crippen molar-refractivity contribution in [1.82, 2.24) is 0 Å². The number of carboxylic acid groups (broad SMARTS) is 1. The molecule has 98 valence electrons. The summed E-state index contributed by atoms with van der Waals surface area (Å²) in [4.78, 5) is 10.7. The lowest BCUT2D eigenvalue weighted by molar-refractivity contribution is 0.0690. The Balaban J connectivity index is 2.64. The molecule has 4 heteroatoms. The summed E-state index contributed by atoms with van der Waals surface area (Å²) in [6.45, 7) is 3.70. The smallest absolute Gasteiger partial charge is 0.338 e. The third kappa shape index (κ3) is 2.34.